The molecule has 5 rings (SSSR count). The van der Waals surface area contributed by atoms with Crippen molar-refractivity contribution < 1.29 is 9.18 Å². The average molecular weight is 444 g/mol. The lowest BCUT2D eigenvalue weighted by molar-refractivity contribution is -0.131. The number of nitrogens with one attached hydrogen (secondary N) is 1. The van der Waals surface area contributed by atoms with Crippen LogP contribution in [0.4, 0.5) is 10.1 Å². The summed E-state index contributed by atoms with van der Waals surface area (Å²) in [5.74, 6) is 1.69. The number of piperazine rings is 1. The first kappa shape index (κ1) is 21.2. The summed E-state index contributed by atoms with van der Waals surface area (Å²) in [5.41, 5.74) is 1.24. The van der Waals surface area contributed by atoms with Crippen molar-refractivity contribution in [2.45, 2.75) is 51.5 Å². The number of fused-ring (bicyclic) bond motifs is 1. The Morgan fingerprint density at radius 3 is 2.58 bits per heavy atom. The lowest BCUT2D eigenvalue weighted by atomic mass is 9.72. The highest BCUT2D eigenvalue weighted by atomic mass is 32.1. The van der Waals surface area contributed by atoms with E-state index < -0.39 is 0 Å². The number of rotatable bonds is 5. The maximum Gasteiger partial charge on any atom is 0.223 e. The number of benzene rings is 1. The zero-order chi connectivity index (χ0) is 21.4. The van der Waals surface area contributed by atoms with Crippen LogP contribution in [0.25, 0.3) is 10.1 Å². The minimum atomic E-state index is -0.164. The second kappa shape index (κ2) is 9.07. The quantitative estimate of drug-likeness (QED) is 0.715. The van der Waals surface area contributed by atoms with Gasteiger partial charge < -0.3 is 10.2 Å². The predicted octanol–water partition coefficient (Wildman–Crippen LogP) is 4.88. The Hall–Kier alpha value is -1.66. The molecule has 1 aliphatic heterocycles. The van der Waals surface area contributed by atoms with Crippen molar-refractivity contribution >= 4 is 33.0 Å². The Bertz CT molecular complexity index is 915. The molecule has 1 saturated heterocycles. The van der Waals surface area contributed by atoms with Gasteiger partial charge in [-0.2, -0.15) is 0 Å². The molecule has 168 valence electrons. The lowest BCUT2D eigenvalue weighted by Gasteiger charge is -2.42. The van der Waals surface area contributed by atoms with Crippen LogP contribution in [0.1, 0.15) is 45.4 Å². The minimum Gasteiger partial charge on any atom is -0.368 e. The lowest BCUT2D eigenvalue weighted by Crippen LogP contribution is -2.52. The SMILES string of the molecule is C[C@H]1CC[C@H](NC(=O)[C@@H]2CC[C@H]2CN2CCN(c3csc4cc(F)ccc34)CC2)CC1. The molecule has 0 spiro atoms. The minimum absolute atomic E-state index is 0.164. The van der Waals surface area contributed by atoms with Gasteiger partial charge >= 0.3 is 0 Å². The Balaban J connectivity index is 1.11. The van der Waals surface area contributed by atoms with Crippen molar-refractivity contribution in [3.8, 4) is 0 Å². The first-order chi connectivity index (χ1) is 15.1. The molecule has 1 aromatic carbocycles. The van der Waals surface area contributed by atoms with Gasteiger partial charge in [0, 0.05) is 60.1 Å². The van der Waals surface area contributed by atoms with Crippen LogP contribution < -0.4 is 10.2 Å². The number of hydrogen-bond donors (Lipinski definition) is 1. The van der Waals surface area contributed by atoms with E-state index in [0.717, 1.165) is 68.0 Å². The zero-order valence-electron chi connectivity index (χ0n) is 18.5. The largest absolute Gasteiger partial charge is 0.368 e. The normalized spacial score (nSPS) is 29.7. The van der Waals surface area contributed by atoms with Crippen molar-refractivity contribution in [1.29, 1.82) is 0 Å². The first-order valence-corrected chi connectivity index (χ1v) is 12.9. The maximum atomic E-state index is 13.5. The standard InChI is InChI=1S/C25H34FN3OS/c1-17-2-6-20(7-3-17)27-25(30)21-8-4-18(21)15-28-10-12-29(13-11-28)23-16-31-24-14-19(26)5-9-22(23)24/h5,9,14,16-18,20-21H,2-4,6-8,10-13,15H2,1H3,(H,27,30)/t17-,18-,20-,21+/m0/s1. The molecular weight excluding hydrogens is 409 g/mol. The molecule has 1 N–H and O–H groups in total. The van der Waals surface area contributed by atoms with Crippen LogP contribution in [0, 0.1) is 23.6 Å². The Morgan fingerprint density at radius 2 is 1.87 bits per heavy atom. The number of hydrogen-bond acceptors (Lipinski definition) is 4. The van der Waals surface area contributed by atoms with E-state index in [1.54, 1.807) is 23.5 Å². The van der Waals surface area contributed by atoms with Gasteiger partial charge in [0.05, 0.1) is 5.69 Å². The zero-order valence-corrected chi connectivity index (χ0v) is 19.3. The summed E-state index contributed by atoms with van der Waals surface area (Å²) >= 11 is 1.62. The van der Waals surface area contributed by atoms with Crippen molar-refractivity contribution in [2.24, 2.45) is 17.8 Å². The van der Waals surface area contributed by atoms with E-state index in [4.69, 9.17) is 0 Å². The summed E-state index contributed by atoms with van der Waals surface area (Å²) in [5, 5.41) is 6.69. The van der Waals surface area contributed by atoms with Crippen LogP contribution in [0.5, 0.6) is 0 Å². The monoisotopic (exact) mass is 443 g/mol. The number of anilines is 1. The van der Waals surface area contributed by atoms with E-state index in [0.29, 0.717) is 17.9 Å². The van der Waals surface area contributed by atoms with Crippen molar-refractivity contribution in [3.05, 3.63) is 29.4 Å². The number of halogens is 1. The molecule has 4 nitrogen and oxygen atoms in total. The molecule has 0 radical (unpaired) electrons. The average Bonchev–Trinajstić information content (AvgIpc) is 3.16. The van der Waals surface area contributed by atoms with Gasteiger partial charge in [0.25, 0.3) is 0 Å². The van der Waals surface area contributed by atoms with Gasteiger partial charge in [-0.3, -0.25) is 9.69 Å². The third-order valence-corrected chi connectivity index (χ3v) is 8.77. The van der Waals surface area contributed by atoms with Gasteiger partial charge in [0.2, 0.25) is 5.91 Å². The van der Waals surface area contributed by atoms with Gasteiger partial charge in [-0.1, -0.05) is 6.92 Å². The molecule has 31 heavy (non-hydrogen) atoms. The van der Waals surface area contributed by atoms with Crippen LogP contribution in [-0.4, -0.2) is 49.6 Å². The molecular formula is C25H34FN3OS. The molecule has 0 bridgehead atoms. The second-order valence-corrected chi connectivity index (χ2v) is 10.9. The highest BCUT2D eigenvalue weighted by molar-refractivity contribution is 7.17. The van der Waals surface area contributed by atoms with E-state index in [2.05, 4.69) is 27.4 Å². The molecule has 3 fully saturated rings. The molecule has 2 aliphatic carbocycles. The molecule has 6 heteroatoms. The third-order valence-electron chi connectivity index (χ3n) is 7.84. The summed E-state index contributed by atoms with van der Waals surface area (Å²) in [7, 11) is 0. The van der Waals surface area contributed by atoms with Gasteiger partial charge in [-0.25, -0.2) is 4.39 Å². The fourth-order valence-corrected chi connectivity index (χ4v) is 6.58. The Kier molecular flexibility index (Phi) is 6.20. The van der Waals surface area contributed by atoms with Crippen LogP contribution in [0.3, 0.4) is 0 Å². The Labute approximate surface area is 188 Å². The molecule has 2 heterocycles. The number of carbonyl (C=O) groups is 1. The third kappa shape index (κ3) is 4.61. The van der Waals surface area contributed by atoms with Crippen LogP contribution in [0.15, 0.2) is 23.6 Å². The molecule has 2 aromatic rings. The first-order valence-electron chi connectivity index (χ1n) is 12.0. The highest BCUT2D eigenvalue weighted by Crippen LogP contribution is 2.37. The number of thiophene rings is 1. The molecule has 2 saturated carbocycles. The summed E-state index contributed by atoms with van der Waals surface area (Å²) in [6, 6.07) is 5.51. The smallest absolute Gasteiger partial charge is 0.223 e. The maximum absolute atomic E-state index is 13.5. The molecule has 3 aliphatic rings. The molecule has 0 unspecified atom stereocenters. The number of nitrogens with zero attached hydrogens (tertiary/aromatic N) is 2. The van der Waals surface area contributed by atoms with E-state index in [1.165, 1.54) is 24.9 Å². The molecule has 1 aromatic heterocycles. The van der Waals surface area contributed by atoms with E-state index in [9.17, 15) is 9.18 Å². The number of amides is 1. The van der Waals surface area contributed by atoms with Crippen molar-refractivity contribution in [2.75, 3.05) is 37.6 Å². The van der Waals surface area contributed by atoms with Crippen molar-refractivity contribution in [3.63, 3.8) is 0 Å². The van der Waals surface area contributed by atoms with Crippen LogP contribution in [0.2, 0.25) is 0 Å². The van der Waals surface area contributed by atoms with Gasteiger partial charge in [-0.15, -0.1) is 11.3 Å². The molecule has 1 amide bonds. The predicted molar refractivity (Wildman–Crippen MR) is 126 cm³/mol. The van der Waals surface area contributed by atoms with Crippen LogP contribution in [-0.2, 0) is 4.79 Å². The topological polar surface area (TPSA) is 35.6 Å². The van der Waals surface area contributed by atoms with E-state index >= 15 is 0 Å². The number of carbonyl (C=O) groups excluding carboxylic acids is 1. The fraction of sp³-hybridized carbons (Fsp3) is 0.640. The van der Waals surface area contributed by atoms with E-state index in [1.807, 2.05) is 6.07 Å². The van der Waals surface area contributed by atoms with Crippen LogP contribution >= 0.6 is 11.3 Å². The van der Waals surface area contributed by atoms with Gasteiger partial charge in [0.15, 0.2) is 0 Å². The fourth-order valence-electron chi connectivity index (χ4n) is 5.58. The molecule has 2 atom stereocenters. The summed E-state index contributed by atoms with van der Waals surface area (Å²) in [6.07, 6.45) is 7.03. The van der Waals surface area contributed by atoms with Gasteiger partial charge in [-0.05, 0) is 68.6 Å². The van der Waals surface area contributed by atoms with Crippen molar-refractivity contribution in [1.82, 2.24) is 10.2 Å². The Morgan fingerprint density at radius 1 is 1.10 bits per heavy atom. The summed E-state index contributed by atoms with van der Waals surface area (Å²) in [6.45, 7) is 7.41. The van der Waals surface area contributed by atoms with Gasteiger partial charge in [0.1, 0.15) is 5.82 Å². The van der Waals surface area contributed by atoms with E-state index in [-0.39, 0.29) is 11.7 Å². The second-order valence-electron chi connectivity index (χ2n) is 9.96. The highest BCUT2D eigenvalue weighted by Gasteiger charge is 2.38. The summed E-state index contributed by atoms with van der Waals surface area (Å²) < 4.78 is 14.5. The summed E-state index contributed by atoms with van der Waals surface area (Å²) in [4.78, 5) is 17.8.